The molecule has 1 aromatic carbocycles. The van der Waals surface area contributed by atoms with Crippen molar-refractivity contribution in [2.24, 2.45) is 0 Å². The Morgan fingerprint density at radius 3 is 2.66 bits per heavy atom. The average Bonchev–Trinajstić information content (AvgIpc) is 2.99. The molecule has 1 saturated heterocycles. The number of benzene rings is 1. The Bertz CT molecular complexity index is 1070. The first kappa shape index (κ1) is 18.8. The number of nitro benzene ring substituents is 1. The van der Waals surface area contributed by atoms with E-state index in [0.717, 1.165) is 29.7 Å². The summed E-state index contributed by atoms with van der Waals surface area (Å²) in [7, 11) is 0. The molecule has 0 aliphatic carbocycles. The van der Waals surface area contributed by atoms with Gasteiger partial charge in [0, 0.05) is 67.0 Å². The highest BCUT2D eigenvalue weighted by molar-refractivity contribution is 5.97. The zero-order valence-corrected chi connectivity index (χ0v) is 16.1. The largest absolute Gasteiger partial charge is 0.369 e. The number of fused-ring (bicyclic) bond motifs is 1. The van der Waals surface area contributed by atoms with E-state index in [1.54, 1.807) is 30.6 Å². The van der Waals surface area contributed by atoms with Gasteiger partial charge in [0.05, 0.1) is 4.92 Å². The highest BCUT2D eigenvalue weighted by Gasteiger charge is 2.23. The van der Waals surface area contributed by atoms with Gasteiger partial charge in [-0.2, -0.15) is 0 Å². The maximum atomic E-state index is 12.8. The van der Waals surface area contributed by atoms with Crippen LogP contribution in [0.25, 0.3) is 10.9 Å². The standard InChI is InChI=1S/C21H21N5O3/c1-15-14-19(17-4-2-5-18(26(28)29)20(17)23-15)24-10-3-11-25(13-12-24)21(27)16-6-8-22-9-7-16/h2,4-9,14H,3,10-13H2,1H3. The molecule has 8 nitrogen and oxygen atoms in total. The molecule has 0 atom stereocenters. The molecule has 1 amide bonds. The molecule has 0 unspecified atom stereocenters. The van der Waals surface area contributed by atoms with E-state index in [2.05, 4.69) is 14.9 Å². The summed E-state index contributed by atoms with van der Waals surface area (Å²) in [6.07, 6.45) is 4.06. The number of carbonyl (C=O) groups is 1. The number of carbonyl (C=O) groups excluding carboxylic acids is 1. The van der Waals surface area contributed by atoms with Crippen LogP contribution in [0, 0.1) is 17.0 Å². The fourth-order valence-electron chi connectivity index (χ4n) is 3.79. The molecule has 4 rings (SSSR count). The lowest BCUT2D eigenvalue weighted by Crippen LogP contribution is -2.35. The minimum Gasteiger partial charge on any atom is -0.369 e. The minimum absolute atomic E-state index is 0.000606. The highest BCUT2D eigenvalue weighted by Crippen LogP contribution is 2.32. The summed E-state index contributed by atoms with van der Waals surface area (Å²) in [5.41, 5.74) is 2.71. The molecule has 0 N–H and O–H groups in total. The molecule has 0 bridgehead atoms. The van der Waals surface area contributed by atoms with Gasteiger partial charge in [-0.05, 0) is 31.5 Å². The number of para-hydroxylation sites is 1. The molecule has 148 valence electrons. The van der Waals surface area contributed by atoms with Crippen LogP contribution in [0.4, 0.5) is 11.4 Å². The van der Waals surface area contributed by atoms with E-state index in [4.69, 9.17) is 0 Å². The van der Waals surface area contributed by atoms with Crippen LogP contribution in [0.15, 0.2) is 48.8 Å². The number of nitro groups is 1. The molecule has 8 heteroatoms. The second-order valence-corrected chi connectivity index (χ2v) is 7.08. The summed E-state index contributed by atoms with van der Waals surface area (Å²) >= 11 is 0. The van der Waals surface area contributed by atoms with Crippen LogP contribution in [0.1, 0.15) is 22.5 Å². The highest BCUT2D eigenvalue weighted by atomic mass is 16.6. The Labute approximate surface area is 167 Å². The molecule has 29 heavy (non-hydrogen) atoms. The maximum absolute atomic E-state index is 12.8. The van der Waals surface area contributed by atoms with E-state index in [1.165, 1.54) is 6.07 Å². The fraction of sp³-hybridized carbons (Fsp3) is 0.286. The van der Waals surface area contributed by atoms with Crippen LogP contribution in [-0.4, -0.2) is 51.9 Å². The van der Waals surface area contributed by atoms with Crippen LogP contribution in [0.5, 0.6) is 0 Å². The number of amides is 1. The third-order valence-electron chi connectivity index (χ3n) is 5.17. The lowest BCUT2D eigenvalue weighted by atomic mass is 10.1. The monoisotopic (exact) mass is 391 g/mol. The van der Waals surface area contributed by atoms with Gasteiger partial charge in [-0.15, -0.1) is 0 Å². The number of nitrogens with zero attached hydrogens (tertiary/aromatic N) is 5. The van der Waals surface area contributed by atoms with Crippen molar-refractivity contribution in [3.05, 3.63) is 70.2 Å². The van der Waals surface area contributed by atoms with Gasteiger partial charge >= 0.3 is 0 Å². The summed E-state index contributed by atoms with van der Waals surface area (Å²) in [6, 6.07) is 10.5. The number of aromatic nitrogens is 2. The van der Waals surface area contributed by atoms with Crippen molar-refractivity contribution in [2.75, 3.05) is 31.1 Å². The maximum Gasteiger partial charge on any atom is 0.295 e. The first-order valence-electron chi connectivity index (χ1n) is 9.53. The molecule has 2 aromatic heterocycles. The van der Waals surface area contributed by atoms with Crippen molar-refractivity contribution in [1.29, 1.82) is 0 Å². The summed E-state index contributed by atoms with van der Waals surface area (Å²) in [5, 5.41) is 12.2. The second kappa shape index (κ2) is 7.83. The first-order chi connectivity index (χ1) is 14.0. The molecule has 0 saturated carbocycles. The average molecular weight is 391 g/mol. The molecule has 3 aromatic rings. The van der Waals surface area contributed by atoms with Gasteiger partial charge in [0.2, 0.25) is 0 Å². The molecular formula is C21H21N5O3. The summed E-state index contributed by atoms with van der Waals surface area (Å²) in [5.74, 6) is 0.000606. The zero-order chi connectivity index (χ0) is 20.4. The zero-order valence-electron chi connectivity index (χ0n) is 16.1. The van der Waals surface area contributed by atoms with Crippen molar-refractivity contribution in [1.82, 2.24) is 14.9 Å². The SMILES string of the molecule is Cc1cc(N2CCCN(C(=O)c3ccncc3)CC2)c2cccc([N+](=O)[O-])c2n1. The lowest BCUT2D eigenvalue weighted by Gasteiger charge is -2.25. The van der Waals surface area contributed by atoms with Crippen LogP contribution in [0.3, 0.4) is 0 Å². The van der Waals surface area contributed by atoms with Crippen molar-refractivity contribution >= 4 is 28.2 Å². The number of hydrogen-bond donors (Lipinski definition) is 0. The summed E-state index contributed by atoms with van der Waals surface area (Å²) < 4.78 is 0. The van der Waals surface area contributed by atoms with E-state index >= 15 is 0 Å². The van der Waals surface area contributed by atoms with Gasteiger partial charge in [-0.25, -0.2) is 4.98 Å². The van der Waals surface area contributed by atoms with Gasteiger partial charge in [0.25, 0.3) is 11.6 Å². The first-order valence-corrected chi connectivity index (χ1v) is 9.53. The van der Waals surface area contributed by atoms with Gasteiger partial charge in [-0.1, -0.05) is 12.1 Å². The van der Waals surface area contributed by atoms with Crippen molar-refractivity contribution in [2.45, 2.75) is 13.3 Å². The van der Waals surface area contributed by atoms with Crippen LogP contribution >= 0.6 is 0 Å². The smallest absolute Gasteiger partial charge is 0.295 e. The van der Waals surface area contributed by atoms with Crippen molar-refractivity contribution in [3.8, 4) is 0 Å². The molecule has 3 heterocycles. The van der Waals surface area contributed by atoms with Gasteiger partial charge in [-0.3, -0.25) is 19.9 Å². The number of aryl methyl sites for hydroxylation is 1. The Balaban J connectivity index is 1.63. The Morgan fingerprint density at radius 2 is 1.90 bits per heavy atom. The number of pyridine rings is 2. The summed E-state index contributed by atoms with van der Waals surface area (Å²) in [4.78, 5) is 36.2. The van der Waals surface area contributed by atoms with E-state index in [1.807, 2.05) is 24.0 Å². The predicted octanol–water partition coefficient (Wildman–Crippen LogP) is 3.20. The van der Waals surface area contributed by atoms with Crippen LogP contribution < -0.4 is 4.90 Å². The molecule has 1 aliphatic heterocycles. The molecule has 1 aliphatic rings. The minimum atomic E-state index is -0.393. The van der Waals surface area contributed by atoms with Crippen molar-refractivity contribution < 1.29 is 9.72 Å². The Hall–Kier alpha value is -3.55. The third-order valence-corrected chi connectivity index (χ3v) is 5.17. The van der Waals surface area contributed by atoms with E-state index < -0.39 is 4.92 Å². The Morgan fingerprint density at radius 1 is 1.10 bits per heavy atom. The summed E-state index contributed by atoms with van der Waals surface area (Å²) in [6.45, 7) is 4.51. The van der Waals surface area contributed by atoms with E-state index in [-0.39, 0.29) is 11.6 Å². The molecule has 1 fully saturated rings. The van der Waals surface area contributed by atoms with Crippen LogP contribution in [-0.2, 0) is 0 Å². The number of non-ortho nitro benzene ring substituents is 1. The predicted molar refractivity (Wildman–Crippen MR) is 110 cm³/mol. The number of hydrogen-bond acceptors (Lipinski definition) is 6. The fourth-order valence-corrected chi connectivity index (χ4v) is 3.79. The second-order valence-electron chi connectivity index (χ2n) is 7.08. The van der Waals surface area contributed by atoms with Gasteiger partial charge < -0.3 is 9.80 Å². The van der Waals surface area contributed by atoms with E-state index in [0.29, 0.717) is 30.7 Å². The quantitative estimate of drug-likeness (QED) is 0.503. The number of rotatable bonds is 3. The number of anilines is 1. The van der Waals surface area contributed by atoms with Gasteiger partial charge in [0.15, 0.2) is 5.52 Å². The normalized spacial score (nSPS) is 14.7. The van der Waals surface area contributed by atoms with E-state index in [9.17, 15) is 14.9 Å². The Kier molecular flexibility index (Phi) is 5.07. The molecule has 0 radical (unpaired) electrons. The molecule has 0 spiro atoms. The third kappa shape index (κ3) is 3.73. The van der Waals surface area contributed by atoms with Crippen molar-refractivity contribution in [3.63, 3.8) is 0 Å². The molecular weight excluding hydrogens is 370 g/mol. The van der Waals surface area contributed by atoms with Crippen LogP contribution in [0.2, 0.25) is 0 Å². The lowest BCUT2D eigenvalue weighted by molar-refractivity contribution is -0.383. The topological polar surface area (TPSA) is 92.5 Å². The van der Waals surface area contributed by atoms with Gasteiger partial charge in [0.1, 0.15) is 0 Å².